The Morgan fingerprint density at radius 1 is 0.542 bits per heavy atom. The average molecular weight is 681 g/mol. The van der Waals surface area contributed by atoms with Gasteiger partial charge in [0.15, 0.2) is 12.4 Å². The van der Waals surface area contributed by atoms with Gasteiger partial charge in [0.05, 0.1) is 22.1 Å². The maximum atomic E-state index is 10.5. The minimum absolute atomic E-state index is 1.03. The van der Waals surface area contributed by atoms with Crippen LogP contribution in [0.1, 0.15) is 51.4 Å². The molecule has 0 amide bonds. The number of alkyl halides is 6. The standard InChI is InChI=1S/C30H36N4.2C2HF3O2/c1-2-10-20-32-28-18-24-34(30-16-8-6-14-26(28)30)22-12-4-3-11-21-33-23-17-27(31-19-9-1)25-13-5-7-15-29(25)33;2*3-2(4,5)1(6)7/h5-8,13-18,23-24H,1-4,9-12,19-22H2;2*(H,6,7). The Morgan fingerprint density at radius 2 is 0.875 bits per heavy atom. The number of pyridine rings is 2. The number of aromatic nitrogens is 2. The molecule has 2 aliphatic rings. The number of nitrogens with zero attached hydrogens (tertiary/aromatic N) is 2. The lowest BCUT2D eigenvalue weighted by molar-refractivity contribution is -0.673. The van der Waals surface area contributed by atoms with Gasteiger partial charge >= 0.3 is 12.4 Å². The first-order valence-electron chi connectivity index (χ1n) is 15.7. The molecule has 0 spiro atoms. The third kappa shape index (κ3) is 11.9. The molecular formula is C34H38F6N4O4. The van der Waals surface area contributed by atoms with Crippen LogP contribution in [-0.4, -0.2) is 37.4 Å². The molecule has 48 heavy (non-hydrogen) atoms. The van der Waals surface area contributed by atoms with Crippen molar-refractivity contribution in [3.8, 4) is 0 Å². The van der Waals surface area contributed by atoms with Crippen LogP contribution in [0, 0.1) is 0 Å². The summed E-state index contributed by atoms with van der Waals surface area (Å²) in [6.45, 7) is 4.23. The van der Waals surface area contributed by atoms with Crippen LogP contribution in [-0.2, 0) is 22.7 Å². The van der Waals surface area contributed by atoms with E-state index in [1.54, 1.807) is 0 Å². The predicted octanol–water partition coefficient (Wildman–Crippen LogP) is 4.82. The number of anilines is 2. The zero-order chi connectivity index (χ0) is 35.2. The zero-order valence-corrected chi connectivity index (χ0v) is 26.2. The quantitative estimate of drug-likeness (QED) is 0.204. The van der Waals surface area contributed by atoms with Gasteiger partial charge in [-0.2, -0.15) is 35.5 Å². The number of aliphatic carboxylic acids is 2. The molecule has 0 aliphatic carbocycles. The van der Waals surface area contributed by atoms with Gasteiger partial charge in [-0.25, -0.2) is 0 Å². The van der Waals surface area contributed by atoms with Crippen molar-refractivity contribution in [1.29, 1.82) is 0 Å². The average Bonchev–Trinajstić information content (AvgIpc) is 3.04. The van der Waals surface area contributed by atoms with E-state index in [0.717, 1.165) is 26.2 Å². The number of aryl methyl sites for hydroxylation is 2. The van der Waals surface area contributed by atoms with E-state index in [9.17, 15) is 26.3 Å². The van der Waals surface area contributed by atoms with Crippen molar-refractivity contribution in [2.24, 2.45) is 0 Å². The molecule has 260 valence electrons. The summed E-state index contributed by atoms with van der Waals surface area (Å²) in [5.41, 5.74) is 5.20. The number of halogens is 6. The maximum Gasteiger partial charge on any atom is 0.430 e. The van der Waals surface area contributed by atoms with Crippen molar-refractivity contribution in [1.82, 2.24) is 0 Å². The van der Waals surface area contributed by atoms with E-state index in [-0.39, 0.29) is 0 Å². The number of carboxylic acid groups (broad SMARTS) is 2. The number of rotatable bonds is 0. The van der Waals surface area contributed by atoms with Crippen LogP contribution in [0.15, 0.2) is 73.1 Å². The molecule has 0 unspecified atom stereocenters. The molecule has 4 aromatic rings. The summed E-state index contributed by atoms with van der Waals surface area (Å²) in [4.78, 5) is 17.6. The molecule has 8 nitrogen and oxygen atoms in total. The lowest BCUT2D eigenvalue weighted by atomic mass is 10.1. The smallest absolute Gasteiger partial charge is 0.430 e. The normalized spacial score (nSPS) is 15.0. The van der Waals surface area contributed by atoms with Crippen molar-refractivity contribution in [2.75, 3.05) is 23.7 Å². The Kier molecular flexibility index (Phi) is 14.2. The van der Waals surface area contributed by atoms with E-state index in [4.69, 9.17) is 19.8 Å². The van der Waals surface area contributed by atoms with Crippen LogP contribution < -0.4 is 30.0 Å². The predicted molar refractivity (Wildman–Crippen MR) is 164 cm³/mol. The molecule has 2 aromatic heterocycles. The number of hydrogen-bond donors (Lipinski definition) is 2. The van der Waals surface area contributed by atoms with Gasteiger partial charge in [-0.15, -0.1) is 0 Å². The number of para-hydroxylation sites is 2. The molecule has 0 saturated heterocycles. The number of hydrogen-bond acceptors (Lipinski definition) is 6. The fourth-order valence-electron chi connectivity index (χ4n) is 5.24. The SMILES string of the molecule is O=C([O-])C(F)(F)F.O=C([O-])C(F)(F)F.c1ccc2c(c1)c1cc[n+]2CCCCCC[n+]2ccc(c3ccccc32)NCCCCCCN1. The highest BCUT2D eigenvalue weighted by Gasteiger charge is 2.29. The van der Waals surface area contributed by atoms with Gasteiger partial charge in [0.25, 0.3) is 0 Å². The van der Waals surface area contributed by atoms with Gasteiger partial charge in [-0.05, 0) is 37.8 Å². The Balaban J connectivity index is 0.000000376. The van der Waals surface area contributed by atoms with Crippen LogP contribution in [0.3, 0.4) is 0 Å². The van der Waals surface area contributed by atoms with Gasteiger partial charge in [0.1, 0.15) is 25.0 Å². The van der Waals surface area contributed by atoms with Crippen LogP contribution in [0.4, 0.5) is 37.7 Å². The number of benzene rings is 2. The first-order chi connectivity index (χ1) is 22.8. The first-order valence-corrected chi connectivity index (χ1v) is 15.7. The van der Waals surface area contributed by atoms with Crippen LogP contribution in [0.25, 0.3) is 21.8 Å². The number of fused-ring (bicyclic) bond motifs is 14. The molecule has 0 radical (unpaired) electrons. The molecule has 6 rings (SSSR count). The highest BCUT2D eigenvalue weighted by molar-refractivity contribution is 5.89. The van der Waals surface area contributed by atoms with Crippen molar-refractivity contribution in [2.45, 2.75) is 76.8 Å². The number of carbonyl (C=O) groups excluding carboxylic acids is 2. The Labute approximate surface area is 274 Å². The second-order valence-corrected chi connectivity index (χ2v) is 11.1. The van der Waals surface area contributed by atoms with Crippen molar-refractivity contribution >= 4 is 45.1 Å². The van der Waals surface area contributed by atoms with E-state index >= 15 is 0 Å². The lowest BCUT2D eigenvalue weighted by Gasteiger charge is -2.11. The van der Waals surface area contributed by atoms with Crippen LogP contribution in [0.2, 0.25) is 0 Å². The highest BCUT2D eigenvalue weighted by Crippen LogP contribution is 2.22. The first kappa shape index (κ1) is 37.8. The monoisotopic (exact) mass is 680 g/mol. The third-order valence-corrected chi connectivity index (χ3v) is 7.59. The fourth-order valence-corrected chi connectivity index (χ4v) is 5.24. The molecule has 14 heteroatoms. The van der Waals surface area contributed by atoms with Crippen molar-refractivity contribution in [3.63, 3.8) is 0 Å². The molecule has 2 aliphatic heterocycles. The largest absolute Gasteiger partial charge is 0.542 e. The molecule has 2 aromatic carbocycles. The molecule has 0 fully saturated rings. The second kappa shape index (κ2) is 18.1. The number of nitrogens with one attached hydrogen (secondary N) is 2. The topological polar surface area (TPSA) is 112 Å². The van der Waals surface area contributed by atoms with Crippen LogP contribution in [0.5, 0.6) is 0 Å². The third-order valence-electron chi connectivity index (χ3n) is 7.59. The summed E-state index contributed by atoms with van der Waals surface area (Å²) in [5.74, 6) is -6.01. The fraction of sp³-hybridized carbons (Fsp3) is 0.412. The van der Waals surface area contributed by atoms with E-state index in [0.29, 0.717) is 0 Å². The maximum absolute atomic E-state index is 10.5. The number of carbonyl (C=O) groups is 2. The highest BCUT2D eigenvalue weighted by atomic mass is 19.4. The van der Waals surface area contributed by atoms with Gasteiger partial charge in [0, 0.05) is 50.2 Å². The van der Waals surface area contributed by atoms with E-state index < -0.39 is 24.3 Å². The van der Waals surface area contributed by atoms with E-state index in [1.165, 1.54) is 84.5 Å². The van der Waals surface area contributed by atoms with Crippen LogP contribution >= 0.6 is 0 Å². The summed E-state index contributed by atoms with van der Waals surface area (Å²) < 4.78 is 68.0. The zero-order valence-electron chi connectivity index (χ0n) is 26.2. The molecule has 0 saturated carbocycles. The molecule has 4 heterocycles. The summed E-state index contributed by atoms with van der Waals surface area (Å²) in [7, 11) is 0. The molecule has 4 bridgehead atoms. The minimum Gasteiger partial charge on any atom is -0.542 e. The molecular weight excluding hydrogens is 642 g/mol. The van der Waals surface area contributed by atoms with E-state index in [2.05, 4.69) is 92.8 Å². The second-order valence-electron chi connectivity index (χ2n) is 11.1. The van der Waals surface area contributed by atoms with Crippen molar-refractivity contribution < 1.29 is 55.3 Å². The minimum atomic E-state index is -5.19. The summed E-state index contributed by atoms with van der Waals surface area (Å²) >= 11 is 0. The summed E-state index contributed by atoms with van der Waals surface area (Å²) in [6, 6.07) is 22.2. The molecule has 2 N–H and O–H groups in total. The summed E-state index contributed by atoms with van der Waals surface area (Å²) in [6.07, 6.45) is 4.04. The number of carboxylic acids is 2. The lowest BCUT2D eigenvalue weighted by Crippen LogP contribution is -2.37. The molecule has 0 atom stereocenters. The van der Waals surface area contributed by atoms with Gasteiger partial charge in [-0.1, -0.05) is 37.1 Å². The van der Waals surface area contributed by atoms with E-state index in [1.807, 2.05) is 0 Å². The van der Waals surface area contributed by atoms with Crippen molar-refractivity contribution in [3.05, 3.63) is 73.1 Å². The van der Waals surface area contributed by atoms with Gasteiger partial charge < -0.3 is 30.4 Å². The van der Waals surface area contributed by atoms with Gasteiger partial charge in [-0.3, -0.25) is 0 Å². The Hall–Kier alpha value is -4.62. The summed E-state index contributed by atoms with van der Waals surface area (Å²) in [5, 5.41) is 27.6. The van der Waals surface area contributed by atoms with Gasteiger partial charge in [0.2, 0.25) is 11.0 Å². The Bertz CT molecular complexity index is 1520. The Morgan fingerprint density at radius 3 is 1.23 bits per heavy atom.